The molecule has 0 unspecified atom stereocenters. The minimum Gasteiger partial charge on any atom is -0.494 e. The average Bonchev–Trinajstić information content (AvgIpc) is 3.04. The van der Waals surface area contributed by atoms with Crippen LogP contribution < -0.4 is 4.74 Å². The molecule has 24 heavy (non-hydrogen) atoms. The molecule has 2 aromatic rings. The third-order valence-electron chi connectivity index (χ3n) is 3.26. The lowest BCUT2D eigenvalue weighted by molar-refractivity contribution is -0.143. The van der Waals surface area contributed by atoms with Crippen LogP contribution in [0, 0.1) is 0 Å². The van der Waals surface area contributed by atoms with Crippen molar-refractivity contribution in [2.75, 3.05) is 13.7 Å². The maximum Gasteiger partial charge on any atom is 0.406 e. The molecule has 0 bridgehead atoms. The van der Waals surface area contributed by atoms with Gasteiger partial charge in [0, 0.05) is 11.6 Å². The Bertz CT molecular complexity index is 701. The van der Waals surface area contributed by atoms with Gasteiger partial charge in [-0.1, -0.05) is 0 Å². The summed E-state index contributed by atoms with van der Waals surface area (Å²) in [7, 11) is 1.43. The summed E-state index contributed by atoms with van der Waals surface area (Å²) in [5.41, 5.74) is 0.434. The Morgan fingerprint density at radius 2 is 2.08 bits per heavy atom. The fourth-order valence-corrected chi connectivity index (χ4v) is 2.12. The number of hydrogen-bond acceptors (Lipinski definition) is 5. The van der Waals surface area contributed by atoms with E-state index in [0.717, 1.165) is 4.90 Å². The molecule has 1 aromatic carbocycles. The normalized spacial score (nSPS) is 11.6. The number of aromatic nitrogens is 4. The Morgan fingerprint density at radius 3 is 2.58 bits per heavy atom. The van der Waals surface area contributed by atoms with Crippen LogP contribution in [0.15, 0.2) is 24.5 Å². The van der Waals surface area contributed by atoms with Gasteiger partial charge in [-0.15, -0.1) is 5.10 Å². The van der Waals surface area contributed by atoms with Crippen LogP contribution in [0.3, 0.4) is 0 Å². The van der Waals surface area contributed by atoms with Gasteiger partial charge >= 0.3 is 6.18 Å². The number of carbonyl (C=O) groups is 1. The van der Waals surface area contributed by atoms with Crippen LogP contribution in [0.25, 0.3) is 5.69 Å². The first-order chi connectivity index (χ1) is 11.2. The number of alkyl halides is 3. The van der Waals surface area contributed by atoms with E-state index in [2.05, 4.69) is 15.5 Å². The highest BCUT2D eigenvalue weighted by Gasteiger charge is 2.34. The molecule has 1 amide bonds. The Morgan fingerprint density at radius 1 is 1.38 bits per heavy atom. The van der Waals surface area contributed by atoms with E-state index in [-0.39, 0.29) is 5.56 Å². The van der Waals surface area contributed by atoms with E-state index in [0.29, 0.717) is 11.4 Å². The van der Waals surface area contributed by atoms with Crippen molar-refractivity contribution in [1.82, 2.24) is 25.1 Å². The number of benzene rings is 1. The second kappa shape index (κ2) is 6.85. The summed E-state index contributed by atoms with van der Waals surface area (Å²) in [5, 5.41) is 10.7. The van der Waals surface area contributed by atoms with Crippen molar-refractivity contribution < 1.29 is 22.7 Å². The first-order valence-electron chi connectivity index (χ1n) is 7.02. The molecule has 0 aliphatic rings. The molecule has 7 nitrogen and oxygen atoms in total. The molecule has 130 valence electrons. The van der Waals surface area contributed by atoms with Crippen molar-refractivity contribution in [1.29, 1.82) is 0 Å². The zero-order valence-corrected chi connectivity index (χ0v) is 13.3. The van der Waals surface area contributed by atoms with Gasteiger partial charge in [0.1, 0.15) is 24.3 Å². The number of hydrogen-bond donors (Lipinski definition) is 0. The van der Waals surface area contributed by atoms with Crippen molar-refractivity contribution in [3.63, 3.8) is 0 Å². The molecule has 0 atom stereocenters. The minimum atomic E-state index is -4.48. The molecule has 10 heteroatoms. The first-order valence-corrected chi connectivity index (χ1v) is 7.02. The van der Waals surface area contributed by atoms with Gasteiger partial charge in [0.25, 0.3) is 5.91 Å². The van der Waals surface area contributed by atoms with E-state index in [9.17, 15) is 18.0 Å². The van der Waals surface area contributed by atoms with Gasteiger partial charge in [-0.2, -0.15) is 17.9 Å². The molecule has 2 rings (SSSR count). The predicted octanol–water partition coefficient (Wildman–Crippen LogP) is 2.08. The number of ether oxygens (including phenoxy) is 1. The van der Waals surface area contributed by atoms with Crippen molar-refractivity contribution in [2.24, 2.45) is 0 Å². The zero-order chi connectivity index (χ0) is 17.9. The number of methoxy groups -OCH3 is 1. The van der Waals surface area contributed by atoms with Crippen LogP contribution in [-0.4, -0.2) is 56.9 Å². The average molecular weight is 343 g/mol. The third kappa shape index (κ3) is 4.00. The number of amides is 1. The van der Waals surface area contributed by atoms with E-state index in [4.69, 9.17) is 4.74 Å². The molecule has 0 aliphatic heterocycles. The smallest absolute Gasteiger partial charge is 0.406 e. The van der Waals surface area contributed by atoms with Gasteiger partial charge < -0.3 is 9.64 Å². The van der Waals surface area contributed by atoms with E-state index in [1.807, 2.05) is 0 Å². The van der Waals surface area contributed by atoms with Gasteiger partial charge in [-0.05, 0) is 42.5 Å². The van der Waals surface area contributed by atoms with Crippen LogP contribution in [0.2, 0.25) is 0 Å². The second-order valence-electron chi connectivity index (χ2n) is 5.28. The Kier molecular flexibility index (Phi) is 5.05. The maximum atomic E-state index is 12.7. The van der Waals surface area contributed by atoms with Crippen LogP contribution in [0.4, 0.5) is 13.2 Å². The fraction of sp³-hybridized carbons (Fsp3) is 0.429. The van der Waals surface area contributed by atoms with Crippen molar-refractivity contribution in [3.8, 4) is 11.4 Å². The molecule has 0 N–H and O–H groups in total. The van der Waals surface area contributed by atoms with Gasteiger partial charge in [-0.25, -0.2) is 0 Å². The van der Waals surface area contributed by atoms with Crippen molar-refractivity contribution in [2.45, 2.75) is 26.1 Å². The lowest BCUT2D eigenvalue weighted by atomic mass is 10.1. The molecule has 0 spiro atoms. The van der Waals surface area contributed by atoms with Crippen molar-refractivity contribution >= 4 is 5.91 Å². The maximum absolute atomic E-state index is 12.7. The minimum absolute atomic E-state index is 0.0826. The summed E-state index contributed by atoms with van der Waals surface area (Å²) in [6, 6.07) is 3.66. The Labute approximate surface area is 136 Å². The Hall–Kier alpha value is -2.65. The summed E-state index contributed by atoms with van der Waals surface area (Å²) < 4.78 is 44.6. The molecule has 1 heterocycles. The molecule has 0 saturated carbocycles. The van der Waals surface area contributed by atoms with Crippen molar-refractivity contribution in [3.05, 3.63) is 30.1 Å². The lowest BCUT2D eigenvalue weighted by Gasteiger charge is -2.28. The van der Waals surface area contributed by atoms with E-state index >= 15 is 0 Å². The fourth-order valence-electron chi connectivity index (χ4n) is 2.12. The highest BCUT2D eigenvalue weighted by molar-refractivity contribution is 5.95. The number of rotatable bonds is 5. The molecule has 0 aliphatic carbocycles. The van der Waals surface area contributed by atoms with Crippen LogP contribution in [0.5, 0.6) is 5.75 Å². The number of nitrogens with zero attached hydrogens (tertiary/aromatic N) is 5. The molecular formula is C14H16F3N5O2. The molecular weight excluding hydrogens is 327 g/mol. The van der Waals surface area contributed by atoms with Gasteiger partial charge in [0.15, 0.2) is 0 Å². The largest absolute Gasteiger partial charge is 0.494 e. The predicted molar refractivity (Wildman–Crippen MR) is 77.9 cm³/mol. The number of halogens is 3. The summed E-state index contributed by atoms with van der Waals surface area (Å²) in [5.74, 6) is -0.356. The summed E-state index contributed by atoms with van der Waals surface area (Å²) in [6.45, 7) is 1.72. The van der Waals surface area contributed by atoms with Crippen LogP contribution in [0.1, 0.15) is 24.2 Å². The zero-order valence-electron chi connectivity index (χ0n) is 13.3. The van der Waals surface area contributed by atoms with E-state index in [1.165, 1.54) is 50.2 Å². The first kappa shape index (κ1) is 17.7. The SMILES string of the molecule is COc1ccc(C(=O)N(CC(F)(F)F)C(C)C)cc1-n1cnnn1. The monoisotopic (exact) mass is 343 g/mol. The lowest BCUT2D eigenvalue weighted by Crippen LogP contribution is -2.43. The Balaban J connectivity index is 2.40. The van der Waals surface area contributed by atoms with Crippen LogP contribution >= 0.6 is 0 Å². The molecule has 1 aromatic heterocycles. The standard InChI is InChI=1S/C14H16F3N5O2/c1-9(2)21(7-14(15,16)17)13(23)10-4-5-12(24-3)11(6-10)22-8-18-19-20-22/h4-6,8-9H,7H2,1-3H3. The molecule has 0 saturated heterocycles. The second-order valence-corrected chi connectivity index (χ2v) is 5.28. The third-order valence-corrected chi connectivity index (χ3v) is 3.26. The number of tetrazole rings is 1. The summed E-state index contributed by atoms with van der Waals surface area (Å²) in [4.78, 5) is 13.3. The van der Waals surface area contributed by atoms with Gasteiger partial charge in [0.05, 0.1) is 7.11 Å². The molecule has 0 radical (unpaired) electrons. The highest BCUT2D eigenvalue weighted by Crippen LogP contribution is 2.25. The van der Waals surface area contributed by atoms with Crippen LogP contribution in [-0.2, 0) is 0 Å². The van der Waals surface area contributed by atoms with Gasteiger partial charge in [-0.3, -0.25) is 4.79 Å². The summed E-state index contributed by atoms with van der Waals surface area (Å²) >= 11 is 0. The number of carbonyl (C=O) groups excluding carboxylic acids is 1. The summed E-state index contributed by atoms with van der Waals surface area (Å²) in [6.07, 6.45) is -3.19. The van der Waals surface area contributed by atoms with E-state index < -0.39 is 24.7 Å². The van der Waals surface area contributed by atoms with Gasteiger partial charge in [0.2, 0.25) is 0 Å². The van der Waals surface area contributed by atoms with E-state index in [1.54, 1.807) is 0 Å². The molecule has 0 fully saturated rings. The highest BCUT2D eigenvalue weighted by atomic mass is 19.4. The topological polar surface area (TPSA) is 73.1 Å². The quantitative estimate of drug-likeness (QED) is 0.831.